The summed E-state index contributed by atoms with van der Waals surface area (Å²) in [6.07, 6.45) is 0. The normalized spacial score (nSPS) is 11.5. The molecule has 0 atom stereocenters. The first-order chi connectivity index (χ1) is 37.2. The SMILES string of the molecule is c1ccc(-c2ccc(-c3ccc(N(c4ccc(-c5ccc(-c6ccccc6)cc5)cc4)c4cccc(-c5cccc(-c6cccc7c6c6ccccc6n7-c6ccc7c(c6)oc6ccccc67)c5)c4)cc3)cc2)cc1. The zero-order valence-electron chi connectivity index (χ0n) is 41.0. The maximum absolute atomic E-state index is 6.39. The lowest BCUT2D eigenvalue weighted by Crippen LogP contribution is -2.10. The van der Waals surface area contributed by atoms with Crippen molar-refractivity contribution in [1.82, 2.24) is 4.57 Å². The Kier molecular flexibility index (Phi) is 10.8. The van der Waals surface area contributed by atoms with Crippen LogP contribution in [0.2, 0.25) is 0 Å². The van der Waals surface area contributed by atoms with Crippen LogP contribution in [0.15, 0.2) is 296 Å². The number of nitrogens with zero attached hydrogens (tertiary/aromatic N) is 2. The molecule has 0 fully saturated rings. The van der Waals surface area contributed by atoms with Crippen LogP contribution in [0.25, 0.3) is 116 Å². The van der Waals surface area contributed by atoms with E-state index in [1.165, 1.54) is 60.8 Å². The lowest BCUT2D eigenvalue weighted by Gasteiger charge is -2.26. The van der Waals surface area contributed by atoms with Crippen LogP contribution in [0.5, 0.6) is 0 Å². The van der Waals surface area contributed by atoms with Gasteiger partial charge in [0, 0.05) is 50.4 Å². The van der Waals surface area contributed by atoms with E-state index >= 15 is 0 Å². The molecule has 0 bridgehead atoms. The average molecular weight is 957 g/mol. The molecular weight excluding hydrogens is 909 g/mol. The van der Waals surface area contributed by atoms with Gasteiger partial charge in [0.05, 0.1) is 11.0 Å². The summed E-state index contributed by atoms with van der Waals surface area (Å²) >= 11 is 0. The van der Waals surface area contributed by atoms with E-state index < -0.39 is 0 Å². The van der Waals surface area contributed by atoms with E-state index in [1.54, 1.807) is 0 Å². The average Bonchev–Trinajstić information content (AvgIpc) is 4.05. The second-order valence-electron chi connectivity index (χ2n) is 19.3. The Morgan fingerprint density at radius 3 is 1.31 bits per heavy atom. The lowest BCUT2D eigenvalue weighted by atomic mass is 9.95. The van der Waals surface area contributed by atoms with E-state index in [4.69, 9.17) is 4.42 Å². The molecule has 0 aliphatic carbocycles. The number of benzene rings is 12. The Bertz CT molecular complexity index is 4230. The molecule has 3 heteroatoms. The van der Waals surface area contributed by atoms with Crippen molar-refractivity contribution in [2.45, 2.75) is 0 Å². The largest absolute Gasteiger partial charge is 0.456 e. The molecule has 0 radical (unpaired) electrons. The smallest absolute Gasteiger partial charge is 0.137 e. The van der Waals surface area contributed by atoms with Gasteiger partial charge in [-0.15, -0.1) is 0 Å². The molecule has 2 heterocycles. The molecular formula is C72H48N2O. The van der Waals surface area contributed by atoms with Gasteiger partial charge < -0.3 is 13.9 Å². The minimum absolute atomic E-state index is 0.883. The molecule has 3 nitrogen and oxygen atoms in total. The summed E-state index contributed by atoms with van der Waals surface area (Å²) in [5, 5.41) is 4.69. The maximum atomic E-state index is 6.39. The van der Waals surface area contributed by atoms with Crippen LogP contribution < -0.4 is 4.90 Å². The van der Waals surface area contributed by atoms with Gasteiger partial charge in [-0.05, 0) is 140 Å². The lowest BCUT2D eigenvalue weighted by molar-refractivity contribution is 0.668. The van der Waals surface area contributed by atoms with Gasteiger partial charge in [0.15, 0.2) is 0 Å². The van der Waals surface area contributed by atoms with Crippen molar-refractivity contribution in [3.63, 3.8) is 0 Å². The van der Waals surface area contributed by atoms with E-state index in [-0.39, 0.29) is 0 Å². The van der Waals surface area contributed by atoms with Gasteiger partial charge >= 0.3 is 0 Å². The fourth-order valence-electron chi connectivity index (χ4n) is 11.1. The van der Waals surface area contributed by atoms with E-state index in [0.717, 1.165) is 72.4 Å². The highest BCUT2D eigenvalue weighted by Gasteiger charge is 2.19. The molecule has 0 N–H and O–H groups in total. The zero-order chi connectivity index (χ0) is 49.7. The molecule has 75 heavy (non-hydrogen) atoms. The Morgan fingerprint density at radius 2 is 0.693 bits per heavy atom. The second kappa shape index (κ2) is 18.6. The fraction of sp³-hybridized carbons (Fsp3) is 0. The van der Waals surface area contributed by atoms with Gasteiger partial charge in [-0.1, -0.05) is 212 Å². The molecule has 0 saturated carbocycles. The summed E-state index contributed by atoms with van der Waals surface area (Å²) in [5.41, 5.74) is 22.6. The van der Waals surface area contributed by atoms with Crippen LogP contribution >= 0.6 is 0 Å². The van der Waals surface area contributed by atoms with E-state index in [9.17, 15) is 0 Å². The second-order valence-corrected chi connectivity index (χ2v) is 19.3. The number of rotatable bonds is 10. The molecule has 0 saturated heterocycles. The third-order valence-corrected chi connectivity index (χ3v) is 14.8. The molecule has 352 valence electrons. The van der Waals surface area contributed by atoms with Crippen molar-refractivity contribution in [3.05, 3.63) is 291 Å². The third kappa shape index (κ3) is 8.04. The van der Waals surface area contributed by atoms with Crippen molar-refractivity contribution in [2.24, 2.45) is 0 Å². The maximum Gasteiger partial charge on any atom is 0.137 e. The first-order valence-electron chi connectivity index (χ1n) is 25.6. The Balaban J connectivity index is 0.829. The molecule has 0 unspecified atom stereocenters. The number of para-hydroxylation sites is 2. The van der Waals surface area contributed by atoms with E-state index in [1.807, 2.05) is 12.1 Å². The Morgan fingerprint density at radius 1 is 0.253 bits per heavy atom. The van der Waals surface area contributed by atoms with Crippen molar-refractivity contribution in [1.29, 1.82) is 0 Å². The summed E-state index contributed by atoms with van der Waals surface area (Å²) < 4.78 is 8.77. The number of aromatic nitrogens is 1. The standard InChI is InChI=1S/C72H48N2O/c1-3-14-49(15-4-1)51-28-32-53(33-29-51)55-36-40-60(41-37-55)73(61-42-38-56(39-43-61)54-34-30-52(31-35-54)50-16-5-2-6-17-50)62-21-12-19-58(47-62)57-18-11-20-59(46-57)64-24-13-26-69-72(64)67-23-7-9-25-68(67)74(69)63-44-45-66-65-22-8-10-27-70(65)75-71(66)48-63/h1-48H. The predicted octanol–water partition coefficient (Wildman–Crippen LogP) is 20.2. The van der Waals surface area contributed by atoms with Gasteiger partial charge in [0.25, 0.3) is 0 Å². The number of hydrogen-bond donors (Lipinski definition) is 0. The van der Waals surface area contributed by atoms with Crippen LogP contribution in [0.3, 0.4) is 0 Å². The predicted molar refractivity (Wildman–Crippen MR) is 315 cm³/mol. The Labute approximate surface area is 436 Å². The highest BCUT2D eigenvalue weighted by atomic mass is 16.3. The number of fused-ring (bicyclic) bond motifs is 6. The number of hydrogen-bond acceptors (Lipinski definition) is 2. The summed E-state index contributed by atoms with van der Waals surface area (Å²) in [6, 6.07) is 105. The van der Waals surface area contributed by atoms with Gasteiger partial charge in [-0.2, -0.15) is 0 Å². The topological polar surface area (TPSA) is 21.3 Å². The van der Waals surface area contributed by atoms with Gasteiger partial charge in [0.2, 0.25) is 0 Å². The molecule has 0 aliphatic heterocycles. The third-order valence-electron chi connectivity index (χ3n) is 14.8. The molecule has 14 rings (SSSR count). The zero-order valence-corrected chi connectivity index (χ0v) is 41.0. The van der Waals surface area contributed by atoms with Crippen molar-refractivity contribution in [3.8, 4) is 72.4 Å². The molecule has 14 aromatic rings. The number of anilines is 3. The van der Waals surface area contributed by atoms with Crippen LogP contribution in [0, 0.1) is 0 Å². The first kappa shape index (κ1) is 43.8. The summed E-state index contributed by atoms with van der Waals surface area (Å²) in [4.78, 5) is 2.37. The summed E-state index contributed by atoms with van der Waals surface area (Å²) in [7, 11) is 0. The minimum atomic E-state index is 0.883. The molecule has 0 amide bonds. The fourth-order valence-corrected chi connectivity index (χ4v) is 11.1. The van der Waals surface area contributed by atoms with Gasteiger partial charge in [-0.25, -0.2) is 0 Å². The highest BCUT2D eigenvalue weighted by molar-refractivity contribution is 6.16. The van der Waals surface area contributed by atoms with Gasteiger partial charge in [-0.3, -0.25) is 0 Å². The van der Waals surface area contributed by atoms with Crippen molar-refractivity contribution >= 4 is 60.8 Å². The van der Waals surface area contributed by atoms with Crippen LogP contribution in [-0.4, -0.2) is 4.57 Å². The van der Waals surface area contributed by atoms with E-state index in [2.05, 4.69) is 289 Å². The minimum Gasteiger partial charge on any atom is -0.456 e. The summed E-state index contributed by atoms with van der Waals surface area (Å²) in [5.74, 6) is 0. The quantitative estimate of drug-likeness (QED) is 0.136. The van der Waals surface area contributed by atoms with Crippen LogP contribution in [-0.2, 0) is 0 Å². The Hall–Kier alpha value is -9.96. The van der Waals surface area contributed by atoms with Gasteiger partial charge in [0.1, 0.15) is 11.2 Å². The monoisotopic (exact) mass is 956 g/mol. The van der Waals surface area contributed by atoms with Crippen molar-refractivity contribution in [2.75, 3.05) is 4.90 Å². The molecule has 12 aromatic carbocycles. The molecule has 0 aliphatic rings. The van der Waals surface area contributed by atoms with Crippen LogP contribution in [0.1, 0.15) is 0 Å². The van der Waals surface area contributed by atoms with E-state index in [0.29, 0.717) is 0 Å². The van der Waals surface area contributed by atoms with Crippen LogP contribution in [0.4, 0.5) is 17.1 Å². The molecule has 2 aromatic heterocycles. The highest BCUT2D eigenvalue weighted by Crippen LogP contribution is 2.43. The number of furan rings is 1. The summed E-state index contributed by atoms with van der Waals surface area (Å²) in [6.45, 7) is 0. The molecule has 0 spiro atoms. The first-order valence-corrected chi connectivity index (χ1v) is 25.6. The van der Waals surface area contributed by atoms with Crippen molar-refractivity contribution < 1.29 is 4.42 Å².